The standard InChI is InChI=1S/C27H24Cl2N2O4S/c1-3-34-22-13-17(10-12-21(22)35-15-18-9-11-19(28)14-20(18)29)25-23(26(32)33-2)24(30-27(36)31-25)16-7-5-4-6-8-16/h4-14,25H,3,15H2,1-2H3,(H2,30,31,36)/t25-/m1/s1. The van der Waals surface area contributed by atoms with Crippen LogP contribution in [0, 0.1) is 0 Å². The summed E-state index contributed by atoms with van der Waals surface area (Å²) < 4.78 is 17.0. The van der Waals surface area contributed by atoms with Crippen molar-refractivity contribution < 1.29 is 19.0 Å². The van der Waals surface area contributed by atoms with Crippen LogP contribution < -0.4 is 20.1 Å². The van der Waals surface area contributed by atoms with E-state index in [4.69, 9.17) is 49.6 Å². The van der Waals surface area contributed by atoms with Gasteiger partial charge in [0.05, 0.1) is 31.0 Å². The Hall–Kier alpha value is -3.26. The minimum atomic E-state index is -0.569. The van der Waals surface area contributed by atoms with Crippen LogP contribution in [0.5, 0.6) is 11.5 Å². The Morgan fingerprint density at radius 3 is 2.47 bits per heavy atom. The number of methoxy groups -OCH3 is 1. The van der Waals surface area contributed by atoms with Crippen LogP contribution >= 0.6 is 35.4 Å². The summed E-state index contributed by atoms with van der Waals surface area (Å²) in [6.45, 7) is 2.54. The van der Waals surface area contributed by atoms with Gasteiger partial charge in [-0.3, -0.25) is 0 Å². The van der Waals surface area contributed by atoms with Crippen molar-refractivity contribution in [1.82, 2.24) is 10.6 Å². The first-order chi connectivity index (χ1) is 17.4. The number of thiocarbonyl (C=S) groups is 1. The zero-order valence-corrected chi connectivity index (χ0v) is 22.0. The fourth-order valence-electron chi connectivity index (χ4n) is 3.86. The molecule has 1 aliphatic rings. The van der Waals surface area contributed by atoms with Crippen molar-refractivity contribution >= 4 is 52.2 Å². The molecule has 3 aromatic rings. The van der Waals surface area contributed by atoms with Crippen LogP contribution in [0.3, 0.4) is 0 Å². The van der Waals surface area contributed by atoms with E-state index in [-0.39, 0.29) is 6.61 Å². The Labute approximate surface area is 225 Å². The molecule has 186 valence electrons. The number of hydrogen-bond acceptors (Lipinski definition) is 5. The van der Waals surface area contributed by atoms with Gasteiger partial charge in [-0.2, -0.15) is 0 Å². The Balaban J connectivity index is 1.71. The highest BCUT2D eigenvalue weighted by Crippen LogP contribution is 2.37. The minimum Gasteiger partial charge on any atom is -0.490 e. The molecule has 0 aromatic heterocycles. The topological polar surface area (TPSA) is 68.8 Å². The van der Waals surface area contributed by atoms with Gasteiger partial charge in [-0.1, -0.05) is 65.7 Å². The molecule has 0 aliphatic carbocycles. The van der Waals surface area contributed by atoms with Gasteiger partial charge >= 0.3 is 5.97 Å². The molecule has 0 unspecified atom stereocenters. The molecule has 9 heteroatoms. The van der Waals surface area contributed by atoms with Gasteiger partial charge in [0, 0.05) is 15.6 Å². The average Bonchev–Trinajstić information content (AvgIpc) is 2.88. The summed E-state index contributed by atoms with van der Waals surface area (Å²) >= 11 is 17.8. The highest BCUT2D eigenvalue weighted by molar-refractivity contribution is 7.80. The van der Waals surface area contributed by atoms with Crippen LogP contribution in [0.1, 0.15) is 29.7 Å². The maximum Gasteiger partial charge on any atom is 0.338 e. The normalized spacial score (nSPS) is 15.1. The number of carbonyl (C=O) groups is 1. The van der Waals surface area contributed by atoms with E-state index in [0.717, 1.165) is 16.7 Å². The number of ether oxygens (including phenoxy) is 3. The molecule has 0 amide bonds. The number of carbonyl (C=O) groups excluding carboxylic acids is 1. The van der Waals surface area contributed by atoms with Crippen molar-refractivity contribution in [3.05, 3.63) is 99.0 Å². The summed E-state index contributed by atoms with van der Waals surface area (Å²) in [6, 6.07) is 19.7. The predicted molar refractivity (Wildman–Crippen MR) is 145 cm³/mol. The van der Waals surface area contributed by atoms with E-state index in [0.29, 0.717) is 44.5 Å². The van der Waals surface area contributed by atoms with Crippen LogP contribution in [-0.4, -0.2) is 24.8 Å². The van der Waals surface area contributed by atoms with Crippen LogP contribution in [-0.2, 0) is 16.1 Å². The summed E-state index contributed by atoms with van der Waals surface area (Å²) in [5, 5.41) is 7.78. The first kappa shape index (κ1) is 25.8. The second-order valence-corrected chi connectivity index (χ2v) is 9.09. The molecule has 4 rings (SSSR count). The van der Waals surface area contributed by atoms with E-state index in [2.05, 4.69) is 10.6 Å². The van der Waals surface area contributed by atoms with Crippen molar-refractivity contribution in [2.75, 3.05) is 13.7 Å². The van der Waals surface area contributed by atoms with E-state index in [1.807, 2.05) is 55.5 Å². The smallest absolute Gasteiger partial charge is 0.338 e. The molecule has 2 N–H and O–H groups in total. The molecular weight excluding hydrogens is 519 g/mol. The molecule has 0 saturated carbocycles. The second kappa shape index (κ2) is 11.6. The first-order valence-electron chi connectivity index (χ1n) is 11.2. The van der Waals surface area contributed by atoms with Gasteiger partial charge in [0.1, 0.15) is 6.61 Å². The van der Waals surface area contributed by atoms with Crippen molar-refractivity contribution in [1.29, 1.82) is 0 Å². The van der Waals surface area contributed by atoms with Gasteiger partial charge in [0.2, 0.25) is 0 Å². The average molecular weight is 543 g/mol. The lowest BCUT2D eigenvalue weighted by molar-refractivity contribution is -0.136. The van der Waals surface area contributed by atoms with E-state index in [9.17, 15) is 4.79 Å². The predicted octanol–water partition coefficient (Wildman–Crippen LogP) is 6.07. The van der Waals surface area contributed by atoms with Gasteiger partial charge < -0.3 is 24.8 Å². The van der Waals surface area contributed by atoms with Crippen molar-refractivity contribution in [3.8, 4) is 11.5 Å². The number of esters is 1. The Kier molecular flexibility index (Phi) is 8.36. The van der Waals surface area contributed by atoms with Crippen molar-refractivity contribution in [2.45, 2.75) is 19.6 Å². The number of benzene rings is 3. The van der Waals surface area contributed by atoms with Crippen molar-refractivity contribution in [3.63, 3.8) is 0 Å². The third kappa shape index (κ3) is 5.75. The fourth-order valence-corrected chi connectivity index (χ4v) is 4.55. The molecule has 0 fully saturated rings. The Bertz CT molecular complexity index is 1310. The molecule has 6 nitrogen and oxygen atoms in total. The van der Waals surface area contributed by atoms with Gasteiger partial charge in [-0.25, -0.2) is 4.79 Å². The molecule has 0 spiro atoms. The molecule has 0 bridgehead atoms. The summed E-state index contributed by atoms with van der Waals surface area (Å²) in [5.41, 5.74) is 3.36. The maximum absolute atomic E-state index is 13.0. The maximum atomic E-state index is 13.0. The van der Waals surface area contributed by atoms with Gasteiger partial charge in [-0.15, -0.1) is 0 Å². The van der Waals surface area contributed by atoms with Crippen LogP contribution in [0.25, 0.3) is 5.70 Å². The summed E-state index contributed by atoms with van der Waals surface area (Å²) in [5.74, 6) is 0.587. The third-order valence-electron chi connectivity index (χ3n) is 5.54. The van der Waals surface area contributed by atoms with Gasteiger partial charge in [0.15, 0.2) is 16.6 Å². The summed E-state index contributed by atoms with van der Waals surface area (Å²) in [6.07, 6.45) is 0. The summed E-state index contributed by atoms with van der Waals surface area (Å²) in [7, 11) is 1.35. The van der Waals surface area contributed by atoms with Gasteiger partial charge in [0.25, 0.3) is 0 Å². The minimum absolute atomic E-state index is 0.233. The lowest BCUT2D eigenvalue weighted by Gasteiger charge is -2.31. The molecule has 1 heterocycles. The largest absolute Gasteiger partial charge is 0.490 e. The highest BCUT2D eigenvalue weighted by Gasteiger charge is 2.33. The zero-order valence-electron chi connectivity index (χ0n) is 19.6. The van der Waals surface area contributed by atoms with Gasteiger partial charge in [-0.05, 0) is 54.5 Å². The lowest BCUT2D eigenvalue weighted by atomic mass is 9.92. The monoisotopic (exact) mass is 542 g/mol. The zero-order chi connectivity index (χ0) is 25.7. The fraction of sp³-hybridized carbons (Fsp3) is 0.185. The van der Waals surface area contributed by atoms with Crippen molar-refractivity contribution in [2.24, 2.45) is 0 Å². The van der Waals surface area contributed by atoms with Crippen LogP contribution in [0.15, 0.2) is 72.3 Å². The van der Waals surface area contributed by atoms with Crippen LogP contribution in [0.4, 0.5) is 0 Å². The quantitative estimate of drug-likeness (QED) is 0.264. The van der Waals surface area contributed by atoms with Crippen LogP contribution in [0.2, 0.25) is 10.0 Å². The van der Waals surface area contributed by atoms with E-state index >= 15 is 0 Å². The first-order valence-corrected chi connectivity index (χ1v) is 12.4. The third-order valence-corrected chi connectivity index (χ3v) is 6.35. The van der Waals surface area contributed by atoms with E-state index < -0.39 is 12.0 Å². The highest BCUT2D eigenvalue weighted by atomic mass is 35.5. The Morgan fingerprint density at radius 2 is 1.78 bits per heavy atom. The SMILES string of the molecule is CCOc1cc([C@H]2NC(=S)NC(c3ccccc3)=C2C(=O)OC)ccc1OCc1ccc(Cl)cc1Cl. The number of rotatable bonds is 8. The lowest BCUT2D eigenvalue weighted by Crippen LogP contribution is -2.45. The number of halogens is 2. The molecule has 3 aromatic carbocycles. The number of hydrogen-bond donors (Lipinski definition) is 2. The Morgan fingerprint density at radius 1 is 1.00 bits per heavy atom. The van der Waals surface area contributed by atoms with E-state index in [1.54, 1.807) is 18.2 Å². The second-order valence-electron chi connectivity index (χ2n) is 7.84. The van der Waals surface area contributed by atoms with E-state index in [1.165, 1.54) is 7.11 Å². The molecule has 0 saturated heterocycles. The summed E-state index contributed by atoms with van der Waals surface area (Å²) in [4.78, 5) is 13.0. The number of nitrogens with one attached hydrogen (secondary N) is 2. The molecule has 36 heavy (non-hydrogen) atoms. The molecule has 1 atom stereocenters. The molecule has 0 radical (unpaired) electrons. The molecular formula is C27H24Cl2N2O4S. The molecule has 1 aliphatic heterocycles.